The lowest BCUT2D eigenvalue weighted by Gasteiger charge is -2.25. The van der Waals surface area contributed by atoms with Gasteiger partial charge in [-0.1, -0.05) is 63.2 Å². The van der Waals surface area contributed by atoms with Crippen molar-refractivity contribution in [3.63, 3.8) is 0 Å². The van der Waals surface area contributed by atoms with Crippen LogP contribution in [-0.4, -0.2) is 15.8 Å². The number of hydrogen-bond donors (Lipinski definition) is 1. The van der Waals surface area contributed by atoms with Crippen LogP contribution >= 0.6 is 0 Å². The standard InChI is InChI=1S/C32H34N2O3/c1-32(2,3)23-11-7-12-24(19-23)36-21-27-25-13-8-14-28(35)26(25)15-16-29(27)37-30(20-31-33-17-18-34-31)22-9-5-4-6-10-22/h4-7,9-12,15-19,30H,8,13-14,20-21H2,1-3H3,(H,33,34)/t30-/m0/s1. The third-order valence-electron chi connectivity index (χ3n) is 6.98. The first-order valence-corrected chi connectivity index (χ1v) is 13.0. The lowest BCUT2D eigenvalue weighted by atomic mass is 9.86. The van der Waals surface area contributed by atoms with Crippen LogP contribution in [0.1, 0.15) is 78.2 Å². The molecule has 1 aliphatic rings. The number of fused-ring (bicyclic) bond motifs is 1. The van der Waals surface area contributed by atoms with Gasteiger partial charge >= 0.3 is 0 Å². The zero-order chi connectivity index (χ0) is 25.8. The molecule has 1 aromatic heterocycles. The maximum absolute atomic E-state index is 12.7. The number of imidazole rings is 1. The van der Waals surface area contributed by atoms with E-state index in [1.165, 1.54) is 5.56 Å². The fourth-order valence-electron chi connectivity index (χ4n) is 4.89. The second-order valence-electron chi connectivity index (χ2n) is 10.7. The van der Waals surface area contributed by atoms with Crippen LogP contribution in [0.4, 0.5) is 0 Å². The van der Waals surface area contributed by atoms with Gasteiger partial charge in [-0.05, 0) is 59.2 Å². The highest BCUT2D eigenvalue weighted by Gasteiger charge is 2.25. The van der Waals surface area contributed by atoms with Crippen LogP contribution in [0.15, 0.2) is 79.1 Å². The number of benzene rings is 3. The zero-order valence-corrected chi connectivity index (χ0v) is 21.8. The smallest absolute Gasteiger partial charge is 0.163 e. The number of carbonyl (C=O) groups excluding carboxylic acids is 1. The molecule has 1 aliphatic carbocycles. The molecule has 5 nitrogen and oxygen atoms in total. The molecule has 0 saturated carbocycles. The molecule has 0 unspecified atom stereocenters. The summed E-state index contributed by atoms with van der Waals surface area (Å²) in [5, 5.41) is 0. The van der Waals surface area contributed by atoms with Gasteiger partial charge in [0, 0.05) is 36.4 Å². The van der Waals surface area contributed by atoms with Gasteiger partial charge in [-0.25, -0.2) is 4.98 Å². The number of ketones is 1. The minimum Gasteiger partial charge on any atom is -0.489 e. The number of nitrogens with zero attached hydrogens (tertiary/aromatic N) is 1. The lowest BCUT2D eigenvalue weighted by molar-refractivity contribution is 0.0971. The van der Waals surface area contributed by atoms with E-state index in [4.69, 9.17) is 9.47 Å². The number of rotatable bonds is 8. The Bertz CT molecular complexity index is 1350. The Balaban J connectivity index is 1.49. The van der Waals surface area contributed by atoms with E-state index >= 15 is 0 Å². The molecule has 1 heterocycles. The summed E-state index contributed by atoms with van der Waals surface area (Å²) in [7, 11) is 0. The molecule has 3 aromatic carbocycles. The molecule has 0 radical (unpaired) electrons. The largest absolute Gasteiger partial charge is 0.489 e. The van der Waals surface area contributed by atoms with Crippen molar-refractivity contribution in [2.75, 3.05) is 0 Å². The minimum absolute atomic E-state index is 0.0285. The first-order chi connectivity index (χ1) is 17.9. The fourth-order valence-corrected chi connectivity index (χ4v) is 4.89. The normalized spacial score (nSPS) is 14.2. The highest BCUT2D eigenvalue weighted by molar-refractivity contribution is 5.99. The van der Waals surface area contributed by atoms with Crippen LogP contribution in [0.2, 0.25) is 0 Å². The van der Waals surface area contributed by atoms with Crippen LogP contribution in [-0.2, 0) is 24.9 Å². The van der Waals surface area contributed by atoms with Crippen LogP contribution in [0.25, 0.3) is 0 Å². The molecule has 0 spiro atoms. The summed E-state index contributed by atoms with van der Waals surface area (Å²) in [5.74, 6) is 2.62. The van der Waals surface area contributed by atoms with E-state index in [9.17, 15) is 4.79 Å². The van der Waals surface area contributed by atoms with E-state index in [0.29, 0.717) is 19.4 Å². The van der Waals surface area contributed by atoms with Gasteiger partial charge in [-0.2, -0.15) is 0 Å². The summed E-state index contributed by atoms with van der Waals surface area (Å²) >= 11 is 0. The van der Waals surface area contributed by atoms with Crippen molar-refractivity contribution in [3.05, 3.63) is 113 Å². The van der Waals surface area contributed by atoms with Gasteiger partial charge < -0.3 is 14.5 Å². The van der Waals surface area contributed by atoms with Crippen molar-refractivity contribution in [1.29, 1.82) is 0 Å². The van der Waals surface area contributed by atoms with Crippen molar-refractivity contribution < 1.29 is 14.3 Å². The number of carbonyl (C=O) groups is 1. The van der Waals surface area contributed by atoms with Crippen molar-refractivity contribution in [2.24, 2.45) is 0 Å². The fraction of sp³-hybridized carbons (Fsp3) is 0.312. The first kappa shape index (κ1) is 24.8. The van der Waals surface area contributed by atoms with Crippen LogP contribution in [0.3, 0.4) is 0 Å². The van der Waals surface area contributed by atoms with Crippen molar-refractivity contribution >= 4 is 5.78 Å². The van der Waals surface area contributed by atoms with Gasteiger partial charge in [0.05, 0.1) is 0 Å². The Morgan fingerprint density at radius 3 is 2.59 bits per heavy atom. The van der Waals surface area contributed by atoms with E-state index in [2.05, 4.69) is 55.0 Å². The molecule has 5 rings (SSSR count). The zero-order valence-electron chi connectivity index (χ0n) is 21.8. The van der Waals surface area contributed by atoms with Gasteiger partial charge in [0.1, 0.15) is 30.0 Å². The van der Waals surface area contributed by atoms with E-state index in [1.807, 2.05) is 48.7 Å². The van der Waals surface area contributed by atoms with Crippen LogP contribution < -0.4 is 9.47 Å². The van der Waals surface area contributed by atoms with Gasteiger partial charge in [0.15, 0.2) is 5.78 Å². The van der Waals surface area contributed by atoms with Crippen molar-refractivity contribution in [3.8, 4) is 11.5 Å². The van der Waals surface area contributed by atoms with E-state index in [1.54, 1.807) is 6.20 Å². The number of aromatic nitrogens is 2. The maximum atomic E-state index is 12.7. The quantitative estimate of drug-likeness (QED) is 0.282. The third-order valence-corrected chi connectivity index (χ3v) is 6.98. The molecule has 0 aliphatic heterocycles. The molecule has 4 aromatic rings. The van der Waals surface area contributed by atoms with Gasteiger partial charge in [-0.15, -0.1) is 0 Å². The summed E-state index contributed by atoms with van der Waals surface area (Å²) in [4.78, 5) is 20.4. The second kappa shape index (κ2) is 10.6. The second-order valence-corrected chi connectivity index (χ2v) is 10.7. The Morgan fingerprint density at radius 1 is 1.00 bits per heavy atom. The number of ether oxygens (including phenoxy) is 2. The predicted octanol–water partition coefficient (Wildman–Crippen LogP) is 7.17. The first-order valence-electron chi connectivity index (χ1n) is 13.0. The number of hydrogen-bond acceptors (Lipinski definition) is 4. The summed E-state index contributed by atoms with van der Waals surface area (Å²) < 4.78 is 13.1. The Morgan fingerprint density at radius 2 is 1.84 bits per heavy atom. The number of H-pyrrole nitrogens is 1. The molecule has 190 valence electrons. The molecule has 0 amide bonds. The average molecular weight is 495 g/mol. The summed E-state index contributed by atoms with van der Waals surface area (Å²) in [6.45, 7) is 6.92. The molecule has 0 fully saturated rings. The van der Waals surface area contributed by atoms with Crippen molar-refractivity contribution in [2.45, 2.75) is 64.6 Å². The van der Waals surface area contributed by atoms with Gasteiger partial charge in [-0.3, -0.25) is 4.79 Å². The highest BCUT2D eigenvalue weighted by atomic mass is 16.5. The predicted molar refractivity (Wildman–Crippen MR) is 145 cm³/mol. The number of nitrogens with one attached hydrogen (secondary N) is 1. The average Bonchev–Trinajstić information content (AvgIpc) is 3.41. The Kier molecular flexibility index (Phi) is 7.13. The van der Waals surface area contributed by atoms with E-state index < -0.39 is 0 Å². The summed E-state index contributed by atoms with van der Waals surface area (Å²) in [6, 6.07) is 22.3. The van der Waals surface area contributed by atoms with Gasteiger partial charge in [0.25, 0.3) is 0 Å². The lowest BCUT2D eigenvalue weighted by Crippen LogP contribution is -2.18. The molecule has 0 bridgehead atoms. The maximum Gasteiger partial charge on any atom is 0.163 e. The van der Waals surface area contributed by atoms with E-state index in [-0.39, 0.29) is 17.3 Å². The minimum atomic E-state index is -0.243. The van der Waals surface area contributed by atoms with Gasteiger partial charge in [0.2, 0.25) is 0 Å². The summed E-state index contributed by atoms with van der Waals surface area (Å²) in [6.07, 6.45) is 6.21. The molecular formula is C32H34N2O3. The van der Waals surface area contributed by atoms with Crippen LogP contribution in [0.5, 0.6) is 11.5 Å². The number of Topliss-reactive ketones (excluding diaryl/α,β-unsaturated/α-hetero) is 1. The van der Waals surface area contributed by atoms with E-state index in [0.717, 1.165) is 52.4 Å². The molecule has 37 heavy (non-hydrogen) atoms. The molecule has 1 N–H and O–H groups in total. The molecule has 0 saturated heterocycles. The number of aromatic amines is 1. The SMILES string of the molecule is CC(C)(C)c1cccc(OCc2c(O[C@@H](Cc3ncc[nH]3)c3ccccc3)ccc3c2CCCC3=O)c1. The Hall–Kier alpha value is -3.86. The Labute approximate surface area is 218 Å². The monoisotopic (exact) mass is 494 g/mol. The molecule has 5 heteroatoms. The highest BCUT2D eigenvalue weighted by Crippen LogP contribution is 2.36. The third kappa shape index (κ3) is 5.77. The van der Waals surface area contributed by atoms with Crippen molar-refractivity contribution in [1.82, 2.24) is 9.97 Å². The van der Waals surface area contributed by atoms with Crippen LogP contribution in [0, 0.1) is 0 Å². The molecule has 1 atom stereocenters. The summed E-state index contributed by atoms with van der Waals surface area (Å²) in [5.41, 5.74) is 5.10. The molecular weight excluding hydrogens is 460 g/mol. The topological polar surface area (TPSA) is 64.2 Å².